The Morgan fingerprint density at radius 3 is 2.16 bits per heavy atom. The maximum Gasteiger partial charge on any atom is 0.286 e. The molecule has 0 radical (unpaired) electrons. The maximum atomic E-state index is 12.8. The van der Waals surface area contributed by atoms with Crippen LogP contribution in [0.25, 0.3) is 0 Å². The van der Waals surface area contributed by atoms with E-state index in [1.165, 1.54) is 20.2 Å². The number of Topliss-reactive ketones (excluding diaryl/α,β-unsaturated/α-hetero) is 1. The molecule has 0 aromatic heterocycles. The van der Waals surface area contributed by atoms with Gasteiger partial charge in [-0.1, -0.05) is 23.7 Å². The lowest BCUT2D eigenvalue weighted by Gasteiger charge is -2.15. The van der Waals surface area contributed by atoms with Crippen molar-refractivity contribution in [1.29, 1.82) is 0 Å². The number of carbonyl (C=O) groups is 3. The van der Waals surface area contributed by atoms with Crippen molar-refractivity contribution in [2.45, 2.75) is 32.3 Å². The first-order chi connectivity index (χ1) is 20.6. The molecule has 0 atom stereocenters. The maximum absolute atomic E-state index is 12.8. The van der Waals surface area contributed by atoms with Crippen molar-refractivity contribution < 1.29 is 38.4 Å². The summed E-state index contributed by atoms with van der Waals surface area (Å²) in [6.07, 6.45) is 1.75. The topological polar surface area (TPSA) is 177 Å². The summed E-state index contributed by atoms with van der Waals surface area (Å²) in [6.45, 7) is 0.195. The largest absolute Gasteiger partial charge is 0.496 e. The Bertz CT molecular complexity index is 1530. The Kier molecular flexibility index (Phi) is 11.5. The average Bonchev–Trinajstić information content (AvgIpc) is 3.00. The van der Waals surface area contributed by atoms with E-state index in [2.05, 4.69) is 5.32 Å². The van der Waals surface area contributed by atoms with Crippen LogP contribution in [0.15, 0.2) is 48.5 Å². The van der Waals surface area contributed by atoms with Crippen molar-refractivity contribution >= 4 is 41.0 Å². The van der Waals surface area contributed by atoms with E-state index in [9.17, 15) is 34.6 Å². The van der Waals surface area contributed by atoms with E-state index in [0.717, 1.165) is 23.8 Å². The highest BCUT2D eigenvalue weighted by atomic mass is 35.5. The summed E-state index contributed by atoms with van der Waals surface area (Å²) in [6, 6.07) is 11.5. The fourth-order valence-corrected chi connectivity index (χ4v) is 4.21. The van der Waals surface area contributed by atoms with E-state index in [-0.39, 0.29) is 53.6 Å². The number of rotatable bonds is 16. The second-order valence-electron chi connectivity index (χ2n) is 9.14. The van der Waals surface area contributed by atoms with E-state index in [1.54, 1.807) is 24.3 Å². The number of nitrogens with zero attached hydrogens (tertiary/aromatic N) is 2. The second-order valence-corrected chi connectivity index (χ2v) is 9.57. The molecule has 0 saturated carbocycles. The molecule has 3 aromatic rings. The Labute approximate surface area is 251 Å². The Hall–Kier alpha value is -5.04. The van der Waals surface area contributed by atoms with Crippen LogP contribution in [-0.2, 0) is 6.61 Å². The van der Waals surface area contributed by atoms with Crippen molar-refractivity contribution in [1.82, 2.24) is 5.32 Å². The minimum absolute atomic E-state index is 0.00189. The molecule has 0 spiro atoms. The number of methoxy groups -OCH3 is 1. The molecule has 0 bridgehead atoms. The van der Waals surface area contributed by atoms with Crippen molar-refractivity contribution in [2.24, 2.45) is 0 Å². The highest BCUT2D eigenvalue weighted by molar-refractivity contribution is 6.30. The molecule has 0 aliphatic carbocycles. The summed E-state index contributed by atoms with van der Waals surface area (Å²) in [5.74, 6) is -0.800. The zero-order valence-electron chi connectivity index (χ0n) is 23.3. The molecule has 0 aliphatic heterocycles. The zero-order chi connectivity index (χ0) is 31.5. The third-order valence-electron chi connectivity index (χ3n) is 6.32. The smallest absolute Gasteiger partial charge is 0.286 e. The second kappa shape index (κ2) is 15.3. The first kappa shape index (κ1) is 32.5. The van der Waals surface area contributed by atoms with Gasteiger partial charge in [-0.15, -0.1) is 0 Å². The van der Waals surface area contributed by atoms with Crippen LogP contribution in [-0.4, -0.2) is 48.6 Å². The van der Waals surface area contributed by atoms with Gasteiger partial charge in [0.25, 0.3) is 17.3 Å². The molecular weight excluding hydrogens is 586 g/mol. The van der Waals surface area contributed by atoms with Crippen LogP contribution >= 0.6 is 11.6 Å². The number of ketones is 1. The number of nitro groups is 2. The van der Waals surface area contributed by atoms with E-state index in [4.69, 9.17) is 25.8 Å². The van der Waals surface area contributed by atoms with Crippen molar-refractivity contribution in [3.8, 4) is 17.2 Å². The van der Waals surface area contributed by atoms with Crippen LogP contribution in [0.4, 0.5) is 11.4 Å². The summed E-state index contributed by atoms with van der Waals surface area (Å²) in [5.41, 5.74) is -0.567. The number of nitrogens with one attached hydrogen (secondary N) is 1. The highest BCUT2D eigenvalue weighted by Gasteiger charge is 2.25. The Morgan fingerprint density at radius 2 is 1.56 bits per heavy atom. The van der Waals surface area contributed by atoms with Gasteiger partial charge in [0.05, 0.1) is 40.8 Å². The molecule has 0 saturated heterocycles. The molecule has 3 aromatic carbocycles. The van der Waals surface area contributed by atoms with Gasteiger partial charge in [-0.25, -0.2) is 0 Å². The number of amides is 1. The standard InChI is InChI=1S/C29H28ClN3O10/c1-31-29(36)21-14-27(43-17-18-7-9-20(30)10-8-18)28(15-24(21)33(39)40)42-11-5-3-4-6-25(35)22-13-23(32(37)38)19(16-34)12-26(22)41-2/h7-10,12-16H,3-6,11,17H2,1-2H3,(H,31,36). The lowest BCUT2D eigenvalue weighted by atomic mass is 10.0. The molecule has 13 nitrogen and oxygen atoms in total. The molecular formula is C29H28ClN3O10. The monoisotopic (exact) mass is 613 g/mol. The fraction of sp³-hybridized carbons (Fsp3) is 0.276. The van der Waals surface area contributed by atoms with Gasteiger partial charge in [0.2, 0.25) is 0 Å². The summed E-state index contributed by atoms with van der Waals surface area (Å²) in [7, 11) is 2.65. The van der Waals surface area contributed by atoms with Gasteiger partial charge in [0.15, 0.2) is 23.6 Å². The number of nitro benzene ring substituents is 2. The summed E-state index contributed by atoms with van der Waals surface area (Å²) in [4.78, 5) is 57.8. The minimum atomic E-state index is -0.740. The van der Waals surface area contributed by atoms with Gasteiger partial charge in [-0.3, -0.25) is 34.6 Å². The third-order valence-corrected chi connectivity index (χ3v) is 6.57. The van der Waals surface area contributed by atoms with Crippen molar-refractivity contribution in [3.05, 3.63) is 96.0 Å². The summed E-state index contributed by atoms with van der Waals surface area (Å²) in [5, 5.41) is 25.9. The van der Waals surface area contributed by atoms with Gasteiger partial charge in [-0.2, -0.15) is 0 Å². The number of aldehydes is 1. The van der Waals surface area contributed by atoms with Crippen LogP contribution in [0.3, 0.4) is 0 Å². The minimum Gasteiger partial charge on any atom is -0.496 e. The number of halogens is 1. The first-order valence-corrected chi connectivity index (χ1v) is 13.4. The Morgan fingerprint density at radius 1 is 0.884 bits per heavy atom. The number of hydrogen-bond acceptors (Lipinski definition) is 10. The quantitative estimate of drug-likeness (QED) is 0.0688. The van der Waals surface area contributed by atoms with Crippen LogP contribution in [0.2, 0.25) is 5.02 Å². The number of unbranched alkanes of at least 4 members (excludes halogenated alkanes) is 2. The first-order valence-electron chi connectivity index (χ1n) is 13.0. The molecule has 3 rings (SSSR count). The number of benzene rings is 3. The van der Waals surface area contributed by atoms with Crippen LogP contribution in [0.1, 0.15) is 62.3 Å². The molecule has 0 heterocycles. The van der Waals surface area contributed by atoms with Crippen LogP contribution in [0.5, 0.6) is 17.2 Å². The number of carbonyl (C=O) groups excluding carboxylic acids is 3. The summed E-state index contributed by atoms with van der Waals surface area (Å²) < 4.78 is 16.8. The molecule has 226 valence electrons. The third kappa shape index (κ3) is 8.49. The SMILES string of the molecule is CNC(=O)c1cc(OCc2ccc(Cl)cc2)c(OCCCCCC(=O)c2cc([N+](=O)[O-])c(C=O)cc2OC)cc1[N+](=O)[O-]. The van der Waals surface area contributed by atoms with Gasteiger partial charge in [0, 0.05) is 30.6 Å². The number of ether oxygens (including phenoxy) is 3. The predicted molar refractivity (Wildman–Crippen MR) is 156 cm³/mol. The lowest BCUT2D eigenvalue weighted by Crippen LogP contribution is -2.19. The fourth-order valence-electron chi connectivity index (χ4n) is 4.09. The normalized spacial score (nSPS) is 10.5. The lowest BCUT2D eigenvalue weighted by molar-refractivity contribution is -0.385. The van der Waals surface area contributed by atoms with Crippen molar-refractivity contribution in [2.75, 3.05) is 20.8 Å². The molecule has 0 aliphatic rings. The van der Waals surface area contributed by atoms with Crippen LogP contribution < -0.4 is 19.5 Å². The highest BCUT2D eigenvalue weighted by Crippen LogP contribution is 2.36. The predicted octanol–water partition coefficient (Wildman–Crippen LogP) is 5.74. The molecule has 14 heteroatoms. The van der Waals surface area contributed by atoms with Gasteiger partial charge in [0.1, 0.15) is 17.9 Å². The van der Waals surface area contributed by atoms with E-state index < -0.39 is 32.9 Å². The number of hydrogen-bond donors (Lipinski definition) is 1. The van der Waals surface area contributed by atoms with Crippen LogP contribution in [0, 0.1) is 20.2 Å². The van der Waals surface area contributed by atoms with Gasteiger partial charge in [-0.05, 0) is 43.0 Å². The zero-order valence-corrected chi connectivity index (χ0v) is 24.0. The Balaban J connectivity index is 1.67. The van der Waals surface area contributed by atoms with E-state index in [0.29, 0.717) is 30.6 Å². The van der Waals surface area contributed by atoms with E-state index in [1.807, 2.05) is 0 Å². The molecule has 43 heavy (non-hydrogen) atoms. The molecule has 1 N–H and O–H groups in total. The van der Waals surface area contributed by atoms with Crippen molar-refractivity contribution in [3.63, 3.8) is 0 Å². The van der Waals surface area contributed by atoms with Gasteiger partial charge >= 0.3 is 0 Å². The van der Waals surface area contributed by atoms with E-state index >= 15 is 0 Å². The van der Waals surface area contributed by atoms with Gasteiger partial charge < -0.3 is 19.5 Å². The average molecular weight is 614 g/mol. The molecule has 0 fully saturated rings. The molecule has 1 amide bonds. The molecule has 0 unspecified atom stereocenters. The summed E-state index contributed by atoms with van der Waals surface area (Å²) >= 11 is 5.93.